The summed E-state index contributed by atoms with van der Waals surface area (Å²) in [5.41, 5.74) is 4.41. The highest BCUT2D eigenvalue weighted by Crippen LogP contribution is 2.27. The van der Waals surface area contributed by atoms with E-state index in [2.05, 4.69) is 63.3 Å². The van der Waals surface area contributed by atoms with Crippen LogP contribution >= 0.6 is 15.9 Å². The summed E-state index contributed by atoms with van der Waals surface area (Å²) in [5, 5.41) is 4.41. The number of fused-ring (bicyclic) bond motifs is 1. The Morgan fingerprint density at radius 3 is 2.70 bits per heavy atom. The van der Waals surface area contributed by atoms with Crippen molar-refractivity contribution < 1.29 is 0 Å². The van der Waals surface area contributed by atoms with Crippen molar-refractivity contribution in [2.45, 2.75) is 13.8 Å². The van der Waals surface area contributed by atoms with Gasteiger partial charge in [-0.05, 0) is 49.2 Å². The lowest BCUT2D eigenvalue weighted by Gasteiger charge is -2.11. The molecule has 1 N–H and O–H groups in total. The van der Waals surface area contributed by atoms with E-state index >= 15 is 0 Å². The molecule has 3 aromatic rings. The Bertz CT molecular complexity index is 784. The fourth-order valence-electron chi connectivity index (χ4n) is 2.13. The highest BCUT2D eigenvalue weighted by Gasteiger charge is 2.06. The number of halogens is 1. The van der Waals surface area contributed by atoms with Crippen molar-refractivity contribution in [3.8, 4) is 0 Å². The Morgan fingerprint density at radius 2 is 1.85 bits per heavy atom. The molecule has 3 nitrogen and oxygen atoms in total. The first-order valence-corrected chi connectivity index (χ1v) is 7.17. The Hall–Kier alpha value is -1.94. The zero-order valence-corrected chi connectivity index (χ0v) is 12.9. The van der Waals surface area contributed by atoms with Crippen LogP contribution in [0.15, 0.2) is 47.2 Å². The van der Waals surface area contributed by atoms with Crippen LogP contribution in [0.2, 0.25) is 0 Å². The Labute approximate surface area is 126 Å². The molecule has 0 unspecified atom stereocenters. The topological polar surface area (TPSA) is 37.8 Å². The summed E-state index contributed by atoms with van der Waals surface area (Å²) in [6, 6.07) is 12.3. The molecule has 0 radical (unpaired) electrons. The lowest BCUT2D eigenvalue weighted by Crippen LogP contribution is -1.98. The molecule has 0 atom stereocenters. The predicted molar refractivity (Wildman–Crippen MR) is 86.4 cm³/mol. The highest BCUT2D eigenvalue weighted by atomic mass is 79.9. The third-order valence-corrected chi connectivity index (χ3v) is 3.74. The van der Waals surface area contributed by atoms with Gasteiger partial charge in [-0.25, -0.2) is 9.97 Å². The second kappa shape index (κ2) is 5.21. The maximum Gasteiger partial charge on any atom is 0.141 e. The molecule has 0 aliphatic rings. The number of benzene rings is 2. The van der Waals surface area contributed by atoms with Crippen LogP contribution in [0.1, 0.15) is 11.1 Å². The molecule has 2 aromatic carbocycles. The van der Waals surface area contributed by atoms with E-state index in [1.54, 1.807) is 6.33 Å². The van der Waals surface area contributed by atoms with Gasteiger partial charge in [0, 0.05) is 15.5 Å². The molecule has 4 heteroatoms. The van der Waals surface area contributed by atoms with Crippen LogP contribution in [-0.2, 0) is 0 Å². The van der Waals surface area contributed by atoms with Crippen LogP contribution in [0.4, 0.5) is 11.5 Å². The first-order chi connectivity index (χ1) is 9.63. The number of hydrogen-bond acceptors (Lipinski definition) is 3. The van der Waals surface area contributed by atoms with Gasteiger partial charge in [-0.15, -0.1) is 0 Å². The highest BCUT2D eigenvalue weighted by molar-refractivity contribution is 9.10. The summed E-state index contributed by atoms with van der Waals surface area (Å²) in [4.78, 5) is 8.66. The first-order valence-electron chi connectivity index (χ1n) is 6.38. The van der Waals surface area contributed by atoms with Crippen molar-refractivity contribution >= 4 is 38.3 Å². The quantitative estimate of drug-likeness (QED) is 0.737. The molecule has 1 heterocycles. The number of nitrogens with zero attached hydrogens (tertiary/aromatic N) is 2. The van der Waals surface area contributed by atoms with Crippen molar-refractivity contribution in [3.05, 3.63) is 58.3 Å². The largest absolute Gasteiger partial charge is 0.339 e. The summed E-state index contributed by atoms with van der Waals surface area (Å²) >= 11 is 3.49. The molecule has 0 fully saturated rings. The van der Waals surface area contributed by atoms with Crippen LogP contribution in [0.3, 0.4) is 0 Å². The average molecular weight is 328 g/mol. The Morgan fingerprint density at radius 1 is 1.00 bits per heavy atom. The lowest BCUT2D eigenvalue weighted by molar-refractivity contribution is 1.21. The molecule has 0 saturated carbocycles. The molecule has 0 bridgehead atoms. The van der Waals surface area contributed by atoms with E-state index in [0.717, 1.165) is 26.9 Å². The first kappa shape index (κ1) is 13.1. The van der Waals surface area contributed by atoms with E-state index in [1.807, 2.05) is 18.2 Å². The van der Waals surface area contributed by atoms with E-state index in [-0.39, 0.29) is 0 Å². The Kier molecular flexibility index (Phi) is 3.40. The molecule has 3 rings (SSSR count). The van der Waals surface area contributed by atoms with Crippen molar-refractivity contribution in [2.75, 3.05) is 5.32 Å². The van der Waals surface area contributed by atoms with Gasteiger partial charge in [-0.2, -0.15) is 0 Å². The zero-order chi connectivity index (χ0) is 14.1. The average Bonchev–Trinajstić information content (AvgIpc) is 2.43. The van der Waals surface area contributed by atoms with Crippen LogP contribution in [-0.4, -0.2) is 9.97 Å². The minimum Gasteiger partial charge on any atom is -0.339 e. The van der Waals surface area contributed by atoms with Gasteiger partial charge in [0.25, 0.3) is 0 Å². The van der Waals surface area contributed by atoms with Gasteiger partial charge in [0.05, 0.1) is 5.52 Å². The number of anilines is 2. The standard InChI is InChI=1S/C16H14BrN3/c1-10-3-4-11(2)15(7-10)20-16-13-8-12(17)5-6-14(13)18-9-19-16/h3-9H,1-2H3,(H,18,19,20). The smallest absolute Gasteiger partial charge is 0.141 e. The zero-order valence-electron chi connectivity index (χ0n) is 11.3. The molecule has 100 valence electrons. The second-order valence-electron chi connectivity index (χ2n) is 4.83. The lowest BCUT2D eigenvalue weighted by atomic mass is 10.1. The molecular formula is C16H14BrN3. The monoisotopic (exact) mass is 327 g/mol. The SMILES string of the molecule is Cc1ccc(C)c(Nc2ncnc3ccc(Br)cc23)c1. The number of rotatable bonds is 2. The molecule has 0 amide bonds. The van der Waals surface area contributed by atoms with Crippen LogP contribution in [0, 0.1) is 13.8 Å². The summed E-state index contributed by atoms with van der Waals surface area (Å²) in [5.74, 6) is 0.824. The van der Waals surface area contributed by atoms with Gasteiger partial charge < -0.3 is 5.32 Å². The summed E-state index contributed by atoms with van der Waals surface area (Å²) < 4.78 is 1.02. The fraction of sp³-hybridized carbons (Fsp3) is 0.125. The minimum atomic E-state index is 0.824. The number of nitrogens with one attached hydrogen (secondary N) is 1. The molecule has 0 aliphatic carbocycles. The van der Waals surface area contributed by atoms with Gasteiger partial charge >= 0.3 is 0 Å². The maximum atomic E-state index is 4.37. The van der Waals surface area contributed by atoms with E-state index in [9.17, 15) is 0 Å². The minimum absolute atomic E-state index is 0.824. The molecular weight excluding hydrogens is 314 g/mol. The molecule has 0 saturated heterocycles. The molecule has 20 heavy (non-hydrogen) atoms. The normalized spacial score (nSPS) is 10.8. The number of hydrogen-bond donors (Lipinski definition) is 1. The van der Waals surface area contributed by atoms with Gasteiger partial charge in [-0.1, -0.05) is 28.1 Å². The maximum absolute atomic E-state index is 4.37. The third kappa shape index (κ3) is 2.51. The van der Waals surface area contributed by atoms with Gasteiger partial charge in [-0.3, -0.25) is 0 Å². The second-order valence-corrected chi connectivity index (χ2v) is 5.74. The van der Waals surface area contributed by atoms with Gasteiger partial charge in [0.15, 0.2) is 0 Å². The van der Waals surface area contributed by atoms with E-state index in [1.165, 1.54) is 11.1 Å². The molecule has 0 aliphatic heterocycles. The summed E-state index contributed by atoms with van der Waals surface area (Å²) in [6.45, 7) is 4.17. The predicted octanol–water partition coefficient (Wildman–Crippen LogP) is 4.75. The Balaban J connectivity index is 2.10. The van der Waals surface area contributed by atoms with Crippen LogP contribution < -0.4 is 5.32 Å². The summed E-state index contributed by atoms with van der Waals surface area (Å²) in [7, 11) is 0. The van der Waals surface area contributed by atoms with Crippen LogP contribution in [0.25, 0.3) is 10.9 Å². The van der Waals surface area contributed by atoms with Crippen LogP contribution in [0.5, 0.6) is 0 Å². The third-order valence-electron chi connectivity index (χ3n) is 3.24. The fourth-order valence-corrected chi connectivity index (χ4v) is 2.49. The van der Waals surface area contributed by atoms with Crippen molar-refractivity contribution in [1.82, 2.24) is 9.97 Å². The number of aryl methyl sites for hydroxylation is 2. The van der Waals surface area contributed by atoms with Gasteiger partial charge in [0.1, 0.15) is 12.1 Å². The van der Waals surface area contributed by atoms with E-state index in [0.29, 0.717) is 0 Å². The van der Waals surface area contributed by atoms with Crippen molar-refractivity contribution in [1.29, 1.82) is 0 Å². The van der Waals surface area contributed by atoms with Crippen molar-refractivity contribution in [2.24, 2.45) is 0 Å². The van der Waals surface area contributed by atoms with Crippen molar-refractivity contribution in [3.63, 3.8) is 0 Å². The molecule has 1 aromatic heterocycles. The van der Waals surface area contributed by atoms with E-state index in [4.69, 9.17) is 0 Å². The van der Waals surface area contributed by atoms with E-state index < -0.39 is 0 Å². The molecule has 0 spiro atoms. The summed E-state index contributed by atoms with van der Waals surface area (Å²) in [6.07, 6.45) is 1.59. The van der Waals surface area contributed by atoms with Gasteiger partial charge in [0.2, 0.25) is 0 Å². The number of aromatic nitrogens is 2.